The molecule has 24 heavy (non-hydrogen) atoms. The van der Waals surface area contributed by atoms with Crippen LogP contribution in [0.25, 0.3) is 5.65 Å². The molecule has 7 heteroatoms. The number of aromatic nitrogens is 3. The van der Waals surface area contributed by atoms with Crippen LogP contribution in [0.15, 0.2) is 48.9 Å². The minimum absolute atomic E-state index is 0.0483. The molecule has 0 saturated carbocycles. The monoisotopic (exact) mass is 323 g/mol. The summed E-state index contributed by atoms with van der Waals surface area (Å²) in [5.41, 5.74) is 2.76. The van der Waals surface area contributed by atoms with Crippen LogP contribution in [0, 0.1) is 0 Å². The Morgan fingerprint density at radius 2 is 1.79 bits per heavy atom. The van der Waals surface area contributed by atoms with Crippen LogP contribution in [0.1, 0.15) is 26.3 Å². The van der Waals surface area contributed by atoms with E-state index >= 15 is 0 Å². The van der Waals surface area contributed by atoms with Gasteiger partial charge in [0.1, 0.15) is 6.33 Å². The average Bonchev–Trinajstić information content (AvgIpc) is 3.07. The highest BCUT2D eigenvalue weighted by Crippen LogP contribution is 2.08. The largest absolute Gasteiger partial charge is 0.348 e. The van der Waals surface area contributed by atoms with Gasteiger partial charge in [0, 0.05) is 32.4 Å². The number of hydrogen-bond acceptors (Lipinski definition) is 4. The molecule has 3 aromatic rings. The van der Waals surface area contributed by atoms with E-state index in [0.29, 0.717) is 23.3 Å². The number of nitrogens with one attached hydrogen (secondary N) is 1. The highest BCUT2D eigenvalue weighted by Gasteiger charge is 2.09. The molecule has 0 aliphatic rings. The Kier molecular flexibility index (Phi) is 4.24. The van der Waals surface area contributed by atoms with Crippen LogP contribution in [0.2, 0.25) is 0 Å². The molecule has 0 atom stereocenters. The van der Waals surface area contributed by atoms with Crippen LogP contribution in [0.4, 0.5) is 0 Å². The number of nitrogens with zero attached hydrogens (tertiary/aromatic N) is 4. The second-order valence-electron chi connectivity index (χ2n) is 5.59. The van der Waals surface area contributed by atoms with Crippen molar-refractivity contribution < 1.29 is 9.59 Å². The molecule has 0 aliphatic carbocycles. The first-order valence-electron chi connectivity index (χ1n) is 7.43. The minimum Gasteiger partial charge on any atom is -0.348 e. The number of benzene rings is 1. The maximum Gasteiger partial charge on any atom is 0.253 e. The van der Waals surface area contributed by atoms with E-state index in [1.807, 2.05) is 12.1 Å². The number of amides is 2. The maximum atomic E-state index is 12.2. The van der Waals surface area contributed by atoms with Crippen molar-refractivity contribution in [2.75, 3.05) is 14.1 Å². The molecule has 3 rings (SSSR count). The van der Waals surface area contributed by atoms with Crippen LogP contribution in [0.3, 0.4) is 0 Å². The van der Waals surface area contributed by atoms with E-state index in [1.165, 1.54) is 4.90 Å². The van der Waals surface area contributed by atoms with Crippen molar-refractivity contribution in [1.82, 2.24) is 24.8 Å². The number of pyridine rings is 1. The lowest BCUT2D eigenvalue weighted by atomic mass is 10.1. The molecule has 2 heterocycles. The fourth-order valence-electron chi connectivity index (χ4n) is 2.27. The minimum atomic E-state index is -0.181. The van der Waals surface area contributed by atoms with Crippen molar-refractivity contribution in [2.45, 2.75) is 6.54 Å². The Hall–Kier alpha value is -3.22. The molecule has 7 nitrogen and oxygen atoms in total. The van der Waals surface area contributed by atoms with Crippen LogP contribution < -0.4 is 5.32 Å². The van der Waals surface area contributed by atoms with Crippen molar-refractivity contribution >= 4 is 17.5 Å². The topological polar surface area (TPSA) is 79.6 Å². The van der Waals surface area contributed by atoms with E-state index in [9.17, 15) is 9.59 Å². The molecule has 1 aromatic carbocycles. The molecule has 0 unspecified atom stereocenters. The van der Waals surface area contributed by atoms with Gasteiger partial charge in [-0.05, 0) is 29.8 Å². The van der Waals surface area contributed by atoms with E-state index < -0.39 is 0 Å². The van der Waals surface area contributed by atoms with Gasteiger partial charge >= 0.3 is 0 Å². The third-order valence-corrected chi connectivity index (χ3v) is 3.61. The van der Waals surface area contributed by atoms with Crippen LogP contribution in [0.5, 0.6) is 0 Å². The molecule has 0 bridgehead atoms. The van der Waals surface area contributed by atoms with E-state index in [4.69, 9.17) is 0 Å². The van der Waals surface area contributed by atoms with Gasteiger partial charge in [-0.2, -0.15) is 0 Å². The number of carbonyl (C=O) groups is 2. The van der Waals surface area contributed by atoms with Crippen LogP contribution in [-0.4, -0.2) is 45.4 Å². The predicted molar refractivity (Wildman–Crippen MR) is 88.6 cm³/mol. The highest BCUT2D eigenvalue weighted by atomic mass is 16.2. The highest BCUT2D eigenvalue weighted by molar-refractivity contribution is 5.94. The first kappa shape index (κ1) is 15.7. The summed E-state index contributed by atoms with van der Waals surface area (Å²) >= 11 is 0. The molecule has 0 spiro atoms. The van der Waals surface area contributed by atoms with Crippen molar-refractivity contribution in [1.29, 1.82) is 0 Å². The molecule has 2 aromatic heterocycles. The van der Waals surface area contributed by atoms with Crippen LogP contribution in [-0.2, 0) is 6.54 Å². The number of fused-ring (bicyclic) bond motifs is 1. The van der Waals surface area contributed by atoms with E-state index in [-0.39, 0.29) is 11.8 Å². The molecule has 0 aliphatic heterocycles. The number of hydrogen-bond donors (Lipinski definition) is 1. The summed E-state index contributed by atoms with van der Waals surface area (Å²) in [6.07, 6.45) is 3.23. The van der Waals surface area contributed by atoms with Gasteiger partial charge in [0.2, 0.25) is 0 Å². The lowest BCUT2D eigenvalue weighted by Crippen LogP contribution is -2.23. The zero-order chi connectivity index (χ0) is 17.1. The van der Waals surface area contributed by atoms with Crippen molar-refractivity contribution in [3.63, 3.8) is 0 Å². The summed E-state index contributed by atoms with van der Waals surface area (Å²) in [4.78, 5) is 25.6. The Morgan fingerprint density at radius 3 is 2.50 bits per heavy atom. The lowest BCUT2D eigenvalue weighted by molar-refractivity contribution is 0.0827. The molecule has 1 N–H and O–H groups in total. The first-order valence-corrected chi connectivity index (χ1v) is 7.43. The van der Waals surface area contributed by atoms with Crippen molar-refractivity contribution in [3.05, 3.63) is 65.6 Å². The molecule has 0 radical (unpaired) electrons. The van der Waals surface area contributed by atoms with E-state index in [0.717, 1.165) is 5.56 Å². The van der Waals surface area contributed by atoms with Gasteiger partial charge in [0.25, 0.3) is 11.8 Å². The van der Waals surface area contributed by atoms with Gasteiger partial charge < -0.3 is 10.2 Å². The SMILES string of the molecule is CN(C)C(=O)c1ccc(CNC(=O)c2ccc3nncn3c2)cc1. The van der Waals surface area contributed by atoms with Gasteiger partial charge in [-0.25, -0.2) is 0 Å². The Morgan fingerprint density at radius 1 is 1.08 bits per heavy atom. The summed E-state index contributed by atoms with van der Waals surface area (Å²) in [6.45, 7) is 0.384. The zero-order valence-electron chi connectivity index (χ0n) is 13.4. The summed E-state index contributed by atoms with van der Waals surface area (Å²) in [6, 6.07) is 10.6. The number of carbonyl (C=O) groups excluding carboxylic acids is 2. The molecular weight excluding hydrogens is 306 g/mol. The van der Waals surface area contributed by atoms with Crippen molar-refractivity contribution in [3.8, 4) is 0 Å². The summed E-state index contributed by atoms with van der Waals surface area (Å²) in [5.74, 6) is -0.230. The number of rotatable bonds is 4. The zero-order valence-corrected chi connectivity index (χ0v) is 13.4. The molecule has 2 amide bonds. The maximum absolute atomic E-state index is 12.2. The normalized spacial score (nSPS) is 10.6. The second-order valence-corrected chi connectivity index (χ2v) is 5.59. The van der Waals surface area contributed by atoms with E-state index in [2.05, 4.69) is 15.5 Å². The summed E-state index contributed by atoms with van der Waals surface area (Å²) < 4.78 is 1.69. The first-order chi connectivity index (χ1) is 11.5. The molecule has 0 fully saturated rings. The van der Waals surface area contributed by atoms with Gasteiger partial charge in [0.15, 0.2) is 5.65 Å². The van der Waals surface area contributed by atoms with Gasteiger partial charge in [-0.15, -0.1) is 10.2 Å². The lowest BCUT2D eigenvalue weighted by Gasteiger charge is -2.11. The summed E-state index contributed by atoms with van der Waals surface area (Å²) in [7, 11) is 3.42. The Labute approximate surface area is 138 Å². The van der Waals surface area contributed by atoms with Gasteiger partial charge in [-0.3, -0.25) is 14.0 Å². The Balaban J connectivity index is 1.64. The summed E-state index contributed by atoms with van der Waals surface area (Å²) in [5, 5.41) is 10.5. The molecule has 0 saturated heterocycles. The van der Waals surface area contributed by atoms with Gasteiger partial charge in [0.05, 0.1) is 5.56 Å². The van der Waals surface area contributed by atoms with Gasteiger partial charge in [-0.1, -0.05) is 12.1 Å². The van der Waals surface area contributed by atoms with Crippen molar-refractivity contribution in [2.24, 2.45) is 0 Å². The smallest absolute Gasteiger partial charge is 0.253 e. The quantitative estimate of drug-likeness (QED) is 0.786. The second kappa shape index (κ2) is 6.49. The van der Waals surface area contributed by atoms with Crippen LogP contribution >= 0.6 is 0 Å². The third-order valence-electron chi connectivity index (χ3n) is 3.61. The average molecular weight is 323 g/mol. The standard InChI is InChI=1S/C17H17N5O2/c1-21(2)17(24)13-5-3-12(4-6-13)9-18-16(23)14-7-8-15-20-19-11-22(15)10-14/h3-8,10-11H,9H2,1-2H3,(H,18,23). The fourth-order valence-corrected chi connectivity index (χ4v) is 2.27. The molecule has 122 valence electrons. The third kappa shape index (κ3) is 3.24. The predicted octanol–water partition coefficient (Wildman–Crippen LogP) is 1.36. The van der Waals surface area contributed by atoms with E-state index in [1.54, 1.807) is 55.3 Å². The molecular formula is C17H17N5O2. The fraction of sp³-hybridized carbons (Fsp3) is 0.176. The Bertz CT molecular complexity index is 883.